The topological polar surface area (TPSA) is 83.0 Å². The highest BCUT2D eigenvalue weighted by molar-refractivity contribution is 5.43. The van der Waals surface area contributed by atoms with Crippen molar-refractivity contribution in [1.82, 2.24) is 10.9 Å². The van der Waals surface area contributed by atoms with Crippen molar-refractivity contribution >= 4 is 0 Å². The van der Waals surface area contributed by atoms with Gasteiger partial charge in [-0.3, -0.25) is 5.43 Å². The summed E-state index contributed by atoms with van der Waals surface area (Å²) in [5, 5.41) is 19.5. The Kier molecular flexibility index (Phi) is 4.55. The third kappa shape index (κ3) is 3.33. The van der Waals surface area contributed by atoms with Crippen LogP contribution in [-0.2, 0) is 0 Å². The van der Waals surface area contributed by atoms with Gasteiger partial charge in [0.15, 0.2) is 11.5 Å². The maximum absolute atomic E-state index is 10.1. The fourth-order valence-electron chi connectivity index (χ4n) is 2.65. The molecule has 1 saturated heterocycles. The lowest BCUT2D eigenvalue weighted by atomic mass is 10.0. The molecule has 2 aromatic carbocycles. The lowest BCUT2D eigenvalue weighted by Crippen LogP contribution is -2.28. The van der Waals surface area contributed by atoms with Gasteiger partial charge < -0.3 is 19.7 Å². The second kappa shape index (κ2) is 6.76. The Labute approximate surface area is 134 Å². The summed E-state index contributed by atoms with van der Waals surface area (Å²) in [5.74, 6) is 1.40. The molecule has 0 radical (unpaired) electrons. The number of phenolic OH excluding ortho intramolecular Hbond substituents is 2. The summed E-state index contributed by atoms with van der Waals surface area (Å²) < 4.78 is 11.7. The molecule has 2 atom stereocenters. The van der Waals surface area contributed by atoms with E-state index in [2.05, 4.69) is 10.9 Å². The minimum atomic E-state index is -0.245. The number of ether oxygens (including phenoxy) is 2. The van der Waals surface area contributed by atoms with E-state index >= 15 is 0 Å². The molecule has 1 aliphatic heterocycles. The van der Waals surface area contributed by atoms with Gasteiger partial charge in [-0.25, -0.2) is 5.43 Å². The molecule has 0 saturated carbocycles. The van der Waals surface area contributed by atoms with Crippen molar-refractivity contribution in [3.8, 4) is 23.0 Å². The van der Waals surface area contributed by atoms with Crippen molar-refractivity contribution in [2.24, 2.45) is 0 Å². The Morgan fingerprint density at radius 1 is 1.13 bits per heavy atom. The predicted octanol–water partition coefficient (Wildman–Crippen LogP) is 2.09. The third-order valence-electron chi connectivity index (χ3n) is 3.71. The number of rotatable bonds is 5. The SMILES string of the molecule is CCOc1ccccc1OC1CNNC1c1ccc(O)cc1O. The Balaban J connectivity index is 1.82. The zero-order valence-electron chi connectivity index (χ0n) is 12.8. The number of para-hydroxylation sites is 2. The van der Waals surface area contributed by atoms with Gasteiger partial charge in [0.2, 0.25) is 0 Å². The summed E-state index contributed by atoms with van der Waals surface area (Å²) in [4.78, 5) is 0. The van der Waals surface area contributed by atoms with Crippen molar-refractivity contribution < 1.29 is 19.7 Å². The van der Waals surface area contributed by atoms with E-state index in [1.807, 2.05) is 31.2 Å². The first-order chi connectivity index (χ1) is 11.2. The lowest BCUT2D eigenvalue weighted by Gasteiger charge is -2.22. The van der Waals surface area contributed by atoms with Gasteiger partial charge in [0, 0.05) is 18.2 Å². The van der Waals surface area contributed by atoms with E-state index in [0.717, 1.165) is 0 Å². The zero-order valence-corrected chi connectivity index (χ0v) is 12.8. The molecule has 122 valence electrons. The molecule has 0 aliphatic carbocycles. The average molecular weight is 316 g/mol. The van der Waals surface area contributed by atoms with E-state index in [1.165, 1.54) is 6.07 Å². The maximum atomic E-state index is 10.1. The van der Waals surface area contributed by atoms with Gasteiger partial charge in [0.1, 0.15) is 17.6 Å². The molecular formula is C17H20N2O4. The zero-order chi connectivity index (χ0) is 16.2. The van der Waals surface area contributed by atoms with Crippen molar-refractivity contribution in [1.29, 1.82) is 0 Å². The van der Waals surface area contributed by atoms with E-state index in [1.54, 1.807) is 12.1 Å². The van der Waals surface area contributed by atoms with Crippen LogP contribution in [0.5, 0.6) is 23.0 Å². The number of hydrazine groups is 1. The van der Waals surface area contributed by atoms with Gasteiger partial charge in [-0.1, -0.05) is 12.1 Å². The van der Waals surface area contributed by atoms with Gasteiger partial charge in [-0.05, 0) is 31.2 Å². The van der Waals surface area contributed by atoms with E-state index in [9.17, 15) is 10.2 Å². The second-order valence-corrected chi connectivity index (χ2v) is 5.28. The summed E-state index contributed by atoms with van der Waals surface area (Å²) in [6.45, 7) is 3.06. The fourth-order valence-corrected chi connectivity index (χ4v) is 2.65. The number of nitrogens with one attached hydrogen (secondary N) is 2. The molecular weight excluding hydrogens is 296 g/mol. The Morgan fingerprint density at radius 3 is 2.65 bits per heavy atom. The normalized spacial score (nSPS) is 20.4. The highest BCUT2D eigenvalue weighted by atomic mass is 16.5. The van der Waals surface area contributed by atoms with Gasteiger partial charge in [-0.2, -0.15) is 0 Å². The number of benzene rings is 2. The molecule has 3 rings (SSSR count). The first kappa shape index (κ1) is 15.5. The monoisotopic (exact) mass is 316 g/mol. The third-order valence-corrected chi connectivity index (χ3v) is 3.71. The molecule has 0 amide bonds. The molecule has 0 aromatic heterocycles. The molecule has 1 heterocycles. The summed E-state index contributed by atoms with van der Waals surface area (Å²) in [6.07, 6.45) is -0.230. The molecule has 1 aliphatic rings. The maximum Gasteiger partial charge on any atom is 0.161 e. The molecule has 6 heteroatoms. The molecule has 23 heavy (non-hydrogen) atoms. The van der Waals surface area contributed by atoms with Crippen LogP contribution in [0.4, 0.5) is 0 Å². The number of hydrogen-bond acceptors (Lipinski definition) is 6. The molecule has 0 spiro atoms. The highest BCUT2D eigenvalue weighted by Crippen LogP contribution is 2.34. The van der Waals surface area contributed by atoms with Crippen LogP contribution in [-0.4, -0.2) is 29.5 Å². The largest absolute Gasteiger partial charge is 0.508 e. The minimum absolute atomic E-state index is 0.0244. The average Bonchev–Trinajstić information content (AvgIpc) is 2.97. The second-order valence-electron chi connectivity index (χ2n) is 5.28. The van der Waals surface area contributed by atoms with Crippen molar-refractivity contribution in [2.75, 3.05) is 13.2 Å². The highest BCUT2D eigenvalue weighted by Gasteiger charge is 2.32. The van der Waals surface area contributed by atoms with Crippen LogP contribution >= 0.6 is 0 Å². The summed E-state index contributed by atoms with van der Waals surface area (Å²) in [5.41, 5.74) is 6.80. The Hall–Kier alpha value is -2.44. The molecule has 0 bridgehead atoms. The minimum Gasteiger partial charge on any atom is -0.508 e. The molecule has 1 fully saturated rings. The fraction of sp³-hybridized carbons (Fsp3) is 0.294. The van der Waals surface area contributed by atoms with Gasteiger partial charge in [0.05, 0.1) is 12.6 Å². The first-order valence-electron chi connectivity index (χ1n) is 7.57. The first-order valence-corrected chi connectivity index (χ1v) is 7.57. The van der Waals surface area contributed by atoms with Crippen LogP contribution in [0, 0.1) is 0 Å². The Morgan fingerprint density at radius 2 is 1.91 bits per heavy atom. The summed E-state index contributed by atoms with van der Waals surface area (Å²) >= 11 is 0. The van der Waals surface area contributed by atoms with Crippen LogP contribution in [0.15, 0.2) is 42.5 Å². The van der Waals surface area contributed by atoms with E-state index < -0.39 is 0 Å². The number of phenols is 2. The number of hydrogen-bond donors (Lipinski definition) is 4. The van der Waals surface area contributed by atoms with Crippen LogP contribution in [0.25, 0.3) is 0 Å². The smallest absolute Gasteiger partial charge is 0.161 e. The quantitative estimate of drug-likeness (QED) is 0.676. The van der Waals surface area contributed by atoms with Crippen LogP contribution in [0.3, 0.4) is 0 Å². The standard InChI is InChI=1S/C17H20N2O4/c1-2-22-14-5-3-4-6-15(14)23-16-10-18-19-17(16)12-8-7-11(20)9-13(12)21/h3-9,16-21H,2,10H2,1H3. The number of aromatic hydroxyl groups is 2. The molecule has 2 aromatic rings. The predicted molar refractivity (Wildman–Crippen MR) is 85.7 cm³/mol. The lowest BCUT2D eigenvalue weighted by molar-refractivity contribution is 0.184. The van der Waals surface area contributed by atoms with Gasteiger partial charge in [-0.15, -0.1) is 0 Å². The molecule has 2 unspecified atom stereocenters. The van der Waals surface area contributed by atoms with Crippen LogP contribution in [0.1, 0.15) is 18.5 Å². The van der Waals surface area contributed by atoms with E-state index in [0.29, 0.717) is 30.2 Å². The summed E-state index contributed by atoms with van der Waals surface area (Å²) in [6, 6.07) is 11.8. The van der Waals surface area contributed by atoms with Gasteiger partial charge in [0.25, 0.3) is 0 Å². The summed E-state index contributed by atoms with van der Waals surface area (Å²) in [7, 11) is 0. The van der Waals surface area contributed by atoms with Crippen LogP contribution < -0.4 is 20.3 Å². The van der Waals surface area contributed by atoms with E-state index in [-0.39, 0.29) is 23.6 Å². The van der Waals surface area contributed by atoms with E-state index in [4.69, 9.17) is 9.47 Å². The van der Waals surface area contributed by atoms with Crippen molar-refractivity contribution in [2.45, 2.75) is 19.1 Å². The molecule has 6 nitrogen and oxygen atoms in total. The Bertz CT molecular complexity index is 677. The van der Waals surface area contributed by atoms with Crippen LogP contribution in [0.2, 0.25) is 0 Å². The van der Waals surface area contributed by atoms with Crippen molar-refractivity contribution in [3.05, 3.63) is 48.0 Å². The van der Waals surface area contributed by atoms with Crippen molar-refractivity contribution in [3.63, 3.8) is 0 Å². The molecule has 4 N–H and O–H groups in total. The van der Waals surface area contributed by atoms with Gasteiger partial charge >= 0.3 is 0 Å².